The van der Waals surface area contributed by atoms with Gasteiger partial charge in [0.05, 0.1) is 6.04 Å². The van der Waals surface area contributed by atoms with E-state index in [1.54, 1.807) is 30.5 Å². The Morgan fingerprint density at radius 3 is 2.71 bits per heavy atom. The molecular weight excluding hydrogens is 406 g/mol. The number of hydrogen-bond acceptors (Lipinski definition) is 9. The number of carbonyl (C=O) groups excluding carboxylic acids is 2. The van der Waals surface area contributed by atoms with E-state index >= 15 is 0 Å². The fourth-order valence-corrected chi connectivity index (χ4v) is 2.89. The van der Waals surface area contributed by atoms with E-state index in [1.165, 1.54) is 0 Å². The van der Waals surface area contributed by atoms with E-state index in [0.29, 0.717) is 18.5 Å². The van der Waals surface area contributed by atoms with E-state index in [4.69, 9.17) is 10.8 Å². The summed E-state index contributed by atoms with van der Waals surface area (Å²) in [7, 11) is 0. The van der Waals surface area contributed by atoms with Crippen LogP contribution in [0.4, 0.5) is 23.1 Å². The maximum atomic E-state index is 12.3. The second-order valence-electron chi connectivity index (χ2n) is 6.75. The molecule has 1 aliphatic heterocycles. The smallest absolute Gasteiger partial charge is 0.326 e. The number of carboxylic acid groups (broad SMARTS) is 1. The summed E-state index contributed by atoms with van der Waals surface area (Å²) < 4.78 is 0. The molecule has 3 rings (SSSR count). The first-order valence-corrected chi connectivity index (χ1v) is 9.39. The number of aldehydes is 1. The minimum atomic E-state index is -1.20. The minimum absolute atomic E-state index is 0.0122. The Kier molecular flexibility index (Phi) is 6.60. The van der Waals surface area contributed by atoms with E-state index in [1.807, 2.05) is 0 Å². The fraction of sp³-hybridized carbons (Fsp3) is 0.263. The monoisotopic (exact) mass is 427 g/mol. The molecule has 1 aromatic carbocycles. The number of nitrogens with one attached hydrogen (secondary N) is 4. The number of aliphatic carboxylic acids is 1. The summed E-state index contributed by atoms with van der Waals surface area (Å²) in [6, 6.07) is 5.01. The number of anilines is 3. The Bertz CT molecular complexity index is 1060. The van der Waals surface area contributed by atoms with Crippen molar-refractivity contribution in [1.29, 1.82) is 0 Å². The van der Waals surface area contributed by atoms with Gasteiger partial charge in [-0.3, -0.25) is 14.6 Å². The highest BCUT2D eigenvalue weighted by molar-refractivity contribution is 5.96. The number of nitrogens with zero attached hydrogens (tertiary/aromatic N) is 2. The highest BCUT2D eigenvalue weighted by Gasteiger charge is 2.21. The van der Waals surface area contributed by atoms with Gasteiger partial charge in [0.25, 0.3) is 11.5 Å². The lowest BCUT2D eigenvalue weighted by molar-refractivity contribution is -0.139. The molecule has 0 aliphatic carbocycles. The van der Waals surface area contributed by atoms with E-state index in [9.17, 15) is 19.2 Å². The van der Waals surface area contributed by atoms with Crippen LogP contribution in [0.25, 0.3) is 0 Å². The highest BCUT2D eigenvalue weighted by atomic mass is 16.4. The molecule has 1 aliphatic rings. The first-order valence-electron chi connectivity index (χ1n) is 9.39. The molecule has 1 amide bonds. The summed E-state index contributed by atoms with van der Waals surface area (Å²) in [6.45, 7) is 0.394. The molecule has 1 aromatic heterocycles. The number of nitrogen functional groups attached to an aromatic ring is 1. The molecule has 2 unspecified atom stereocenters. The van der Waals surface area contributed by atoms with Crippen molar-refractivity contribution in [3.05, 3.63) is 40.2 Å². The second-order valence-corrected chi connectivity index (χ2v) is 6.75. The number of aliphatic imine (C=N–C) groups is 1. The van der Waals surface area contributed by atoms with Crippen LogP contribution in [0.1, 0.15) is 23.2 Å². The number of rotatable bonds is 9. The normalized spacial score (nSPS) is 15.3. The highest BCUT2D eigenvalue weighted by Crippen LogP contribution is 2.22. The number of H-pyrrole nitrogens is 1. The summed E-state index contributed by atoms with van der Waals surface area (Å²) >= 11 is 0. The van der Waals surface area contributed by atoms with E-state index in [0.717, 1.165) is 0 Å². The zero-order chi connectivity index (χ0) is 22.4. The molecule has 2 heterocycles. The number of hydrogen-bond donors (Lipinski definition) is 6. The van der Waals surface area contributed by atoms with Gasteiger partial charge in [-0.05, 0) is 30.7 Å². The van der Waals surface area contributed by atoms with Crippen molar-refractivity contribution >= 4 is 47.5 Å². The van der Waals surface area contributed by atoms with Gasteiger partial charge < -0.3 is 31.6 Å². The predicted molar refractivity (Wildman–Crippen MR) is 114 cm³/mol. The molecule has 12 heteroatoms. The van der Waals surface area contributed by atoms with Crippen molar-refractivity contribution in [3.8, 4) is 0 Å². The van der Waals surface area contributed by atoms with Crippen molar-refractivity contribution in [2.45, 2.75) is 24.9 Å². The zero-order valence-electron chi connectivity index (χ0n) is 16.3. The Morgan fingerprint density at radius 2 is 2.03 bits per heavy atom. The van der Waals surface area contributed by atoms with Gasteiger partial charge in [0, 0.05) is 30.4 Å². The van der Waals surface area contributed by atoms with Crippen LogP contribution in [0, 0.1) is 0 Å². The first-order chi connectivity index (χ1) is 14.9. The Morgan fingerprint density at radius 1 is 1.29 bits per heavy atom. The number of aromatic amines is 1. The van der Waals surface area contributed by atoms with E-state index in [2.05, 4.69) is 30.9 Å². The molecule has 12 nitrogen and oxygen atoms in total. The number of carbonyl (C=O) groups is 3. The summed E-state index contributed by atoms with van der Waals surface area (Å²) in [4.78, 5) is 56.3. The molecule has 0 saturated heterocycles. The minimum Gasteiger partial charge on any atom is -0.480 e. The number of amides is 1. The summed E-state index contributed by atoms with van der Waals surface area (Å²) in [5.41, 5.74) is 6.31. The van der Waals surface area contributed by atoms with Crippen LogP contribution in [0.3, 0.4) is 0 Å². The van der Waals surface area contributed by atoms with E-state index in [-0.39, 0.29) is 41.9 Å². The molecule has 162 valence electrons. The van der Waals surface area contributed by atoms with Crippen LogP contribution in [0.5, 0.6) is 0 Å². The molecule has 7 N–H and O–H groups in total. The molecule has 0 fully saturated rings. The zero-order valence-corrected chi connectivity index (χ0v) is 16.3. The van der Waals surface area contributed by atoms with Gasteiger partial charge >= 0.3 is 5.97 Å². The van der Waals surface area contributed by atoms with Crippen molar-refractivity contribution in [3.63, 3.8) is 0 Å². The molecule has 2 aromatic rings. The number of aromatic nitrogens is 2. The van der Waals surface area contributed by atoms with Crippen LogP contribution in [0.15, 0.2) is 34.1 Å². The molecule has 0 bridgehead atoms. The van der Waals surface area contributed by atoms with Crippen molar-refractivity contribution in [1.82, 2.24) is 15.3 Å². The summed E-state index contributed by atoms with van der Waals surface area (Å²) in [5, 5.41) is 17.7. The average Bonchev–Trinajstić information content (AvgIpc) is 2.75. The first kappa shape index (κ1) is 21.5. The third-order valence-corrected chi connectivity index (χ3v) is 4.47. The third kappa shape index (κ3) is 5.44. The number of fused-ring (bicyclic) bond motifs is 1. The van der Waals surface area contributed by atoms with Gasteiger partial charge in [-0.15, -0.1) is 0 Å². The number of benzene rings is 1. The molecule has 2 atom stereocenters. The number of carboxylic acids is 1. The van der Waals surface area contributed by atoms with E-state index < -0.39 is 23.5 Å². The van der Waals surface area contributed by atoms with Gasteiger partial charge in [-0.1, -0.05) is 0 Å². The topological polar surface area (TPSA) is 192 Å². The Hall–Kier alpha value is -4.22. The lowest BCUT2D eigenvalue weighted by Crippen LogP contribution is -2.40. The molecule has 0 radical (unpaired) electrons. The van der Waals surface area contributed by atoms with Crippen molar-refractivity contribution in [2.75, 3.05) is 22.9 Å². The summed E-state index contributed by atoms with van der Waals surface area (Å²) in [6.07, 6.45) is 2.27. The second kappa shape index (κ2) is 9.52. The van der Waals surface area contributed by atoms with Crippen LogP contribution in [-0.2, 0) is 9.59 Å². The maximum absolute atomic E-state index is 12.3. The third-order valence-electron chi connectivity index (χ3n) is 4.47. The Labute approximate surface area is 176 Å². The van der Waals surface area contributed by atoms with Gasteiger partial charge in [-0.25, -0.2) is 9.79 Å². The molecular formula is C19H21N7O5. The van der Waals surface area contributed by atoms with Crippen LogP contribution >= 0.6 is 0 Å². The van der Waals surface area contributed by atoms with Gasteiger partial charge in [0.2, 0.25) is 5.95 Å². The SMILES string of the molecule is Nc1nc2c(c(=O)[nH]1)NC(CNc1ccc(C(=O)NC(CCC=O)C(=O)O)cc1)C=N2. The van der Waals surface area contributed by atoms with Gasteiger partial charge in [0.1, 0.15) is 18.0 Å². The van der Waals surface area contributed by atoms with Crippen LogP contribution in [0.2, 0.25) is 0 Å². The van der Waals surface area contributed by atoms with Gasteiger partial charge in [0.15, 0.2) is 5.82 Å². The van der Waals surface area contributed by atoms with Crippen LogP contribution < -0.4 is 27.2 Å². The lowest BCUT2D eigenvalue weighted by atomic mass is 10.1. The van der Waals surface area contributed by atoms with Gasteiger partial charge in [-0.2, -0.15) is 4.98 Å². The van der Waals surface area contributed by atoms with Crippen LogP contribution in [-0.4, -0.2) is 58.1 Å². The average molecular weight is 427 g/mol. The largest absolute Gasteiger partial charge is 0.480 e. The van der Waals surface area contributed by atoms with Crippen molar-refractivity contribution < 1.29 is 19.5 Å². The Balaban J connectivity index is 1.56. The lowest BCUT2D eigenvalue weighted by Gasteiger charge is -2.21. The molecule has 0 saturated carbocycles. The number of nitrogens with two attached hydrogens (primary N) is 1. The van der Waals surface area contributed by atoms with Crippen molar-refractivity contribution in [2.24, 2.45) is 4.99 Å². The quantitative estimate of drug-likeness (QED) is 0.302. The maximum Gasteiger partial charge on any atom is 0.326 e. The fourth-order valence-electron chi connectivity index (χ4n) is 2.89. The molecule has 31 heavy (non-hydrogen) atoms. The standard InChI is InChI=1S/C19H21N7O5/c20-19-25-15-14(17(29)26-19)23-12(9-22-15)8-21-11-5-3-10(4-6-11)16(28)24-13(18(30)31)2-1-7-27/h3-7,9,12-13,21,23H,1-2,8H2,(H,24,28)(H,30,31)(H3,20,25,26,29). The summed E-state index contributed by atoms with van der Waals surface area (Å²) in [5.74, 6) is -1.54. The predicted octanol–water partition coefficient (Wildman–Crippen LogP) is 0.123. The molecule has 0 spiro atoms.